The molecule has 0 unspecified atom stereocenters. The number of rotatable bonds is 5. The van der Waals surface area contributed by atoms with E-state index in [0.717, 1.165) is 13.0 Å². The van der Waals surface area contributed by atoms with Gasteiger partial charge in [0, 0.05) is 30.4 Å². The number of para-hydroxylation sites is 2. The molecule has 4 rings (SSSR count). The largest absolute Gasteiger partial charge is 0.451 e. The number of amides is 1. The van der Waals surface area contributed by atoms with Crippen molar-refractivity contribution in [3.8, 4) is 0 Å². The van der Waals surface area contributed by atoms with Gasteiger partial charge in [-0.1, -0.05) is 30.3 Å². The van der Waals surface area contributed by atoms with Crippen LogP contribution in [-0.4, -0.2) is 17.0 Å². The molecular weight excluding hydrogens is 340 g/mol. The number of nitrogens with zero attached hydrogens (tertiary/aromatic N) is 1. The Morgan fingerprint density at radius 2 is 1.85 bits per heavy atom. The summed E-state index contributed by atoms with van der Waals surface area (Å²) < 4.78 is 7.81. The molecule has 1 N–H and O–H groups in total. The topological polar surface area (TPSA) is 64.2 Å². The lowest BCUT2D eigenvalue weighted by Gasteiger charge is -2.09. The third kappa shape index (κ3) is 3.36. The second-order valence-corrected chi connectivity index (χ2v) is 6.58. The molecule has 0 saturated heterocycles. The summed E-state index contributed by atoms with van der Waals surface area (Å²) in [5.74, 6) is -0.326. The van der Waals surface area contributed by atoms with Crippen LogP contribution in [0.1, 0.15) is 22.7 Å². The first-order valence-corrected chi connectivity index (χ1v) is 8.99. The fourth-order valence-corrected chi connectivity index (χ4v) is 3.39. The number of benzene rings is 2. The maximum atomic E-state index is 12.3. The highest BCUT2D eigenvalue weighted by Crippen LogP contribution is 2.19. The highest BCUT2D eigenvalue weighted by Gasteiger charge is 2.12. The van der Waals surface area contributed by atoms with Crippen LogP contribution in [0.15, 0.2) is 69.9 Å². The van der Waals surface area contributed by atoms with Gasteiger partial charge in [-0.2, -0.15) is 0 Å². The third-order valence-corrected chi connectivity index (χ3v) is 4.72. The number of fused-ring (bicyclic) bond motifs is 2. The van der Waals surface area contributed by atoms with Crippen molar-refractivity contribution in [2.45, 2.75) is 19.9 Å². The molecule has 27 heavy (non-hydrogen) atoms. The van der Waals surface area contributed by atoms with Crippen LogP contribution in [0.25, 0.3) is 21.9 Å². The van der Waals surface area contributed by atoms with Gasteiger partial charge in [0.25, 0.3) is 5.91 Å². The van der Waals surface area contributed by atoms with Gasteiger partial charge in [0.05, 0.1) is 5.39 Å². The van der Waals surface area contributed by atoms with E-state index in [1.54, 1.807) is 24.3 Å². The normalized spacial score (nSPS) is 11.1. The highest BCUT2D eigenvalue weighted by molar-refractivity contribution is 5.93. The predicted molar refractivity (Wildman–Crippen MR) is 106 cm³/mol. The zero-order chi connectivity index (χ0) is 18.8. The maximum Gasteiger partial charge on any atom is 0.287 e. The number of carbonyl (C=O) groups is 1. The molecule has 136 valence electrons. The van der Waals surface area contributed by atoms with E-state index in [2.05, 4.69) is 35.0 Å². The van der Waals surface area contributed by atoms with Crippen LogP contribution >= 0.6 is 0 Å². The highest BCUT2D eigenvalue weighted by atomic mass is 16.3. The summed E-state index contributed by atoms with van der Waals surface area (Å²) in [6.07, 6.45) is 0.781. The molecule has 2 heterocycles. The van der Waals surface area contributed by atoms with Crippen molar-refractivity contribution in [3.63, 3.8) is 0 Å². The molecule has 0 atom stereocenters. The molecule has 5 nitrogen and oxygen atoms in total. The fourth-order valence-electron chi connectivity index (χ4n) is 3.39. The van der Waals surface area contributed by atoms with Gasteiger partial charge >= 0.3 is 0 Å². The van der Waals surface area contributed by atoms with Crippen LogP contribution in [0.4, 0.5) is 0 Å². The fraction of sp³-hybridized carbons (Fsp3) is 0.182. The summed E-state index contributed by atoms with van der Waals surface area (Å²) >= 11 is 0. The minimum atomic E-state index is -0.369. The smallest absolute Gasteiger partial charge is 0.287 e. The lowest BCUT2D eigenvalue weighted by atomic mass is 10.2. The summed E-state index contributed by atoms with van der Waals surface area (Å²) in [5.41, 5.74) is 2.60. The van der Waals surface area contributed by atoms with Gasteiger partial charge in [-0.15, -0.1) is 0 Å². The average molecular weight is 360 g/mol. The van der Waals surface area contributed by atoms with E-state index in [9.17, 15) is 9.59 Å². The molecule has 0 saturated carbocycles. The van der Waals surface area contributed by atoms with Gasteiger partial charge in [0.2, 0.25) is 0 Å². The molecule has 4 aromatic rings. The zero-order valence-corrected chi connectivity index (χ0v) is 15.1. The Bertz CT molecular complexity index is 1190. The quantitative estimate of drug-likeness (QED) is 0.550. The summed E-state index contributed by atoms with van der Waals surface area (Å²) in [7, 11) is 0. The average Bonchev–Trinajstić information content (AvgIpc) is 3.00. The summed E-state index contributed by atoms with van der Waals surface area (Å²) in [5, 5.41) is 4.53. The van der Waals surface area contributed by atoms with Crippen molar-refractivity contribution in [2.24, 2.45) is 0 Å². The van der Waals surface area contributed by atoms with E-state index in [1.807, 2.05) is 12.1 Å². The van der Waals surface area contributed by atoms with Crippen molar-refractivity contribution < 1.29 is 9.21 Å². The monoisotopic (exact) mass is 360 g/mol. The van der Waals surface area contributed by atoms with Gasteiger partial charge in [-0.25, -0.2) is 0 Å². The van der Waals surface area contributed by atoms with E-state index in [1.165, 1.54) is 22.7 Å². The summed E-state index contributed by atoms with van der Waals surface area (Å²) in [6.45, 7) is 3.39. The van der Waals surface area contributed by atoms with Crippen molar-refractivity contribution in [2.75, 3.05) is 6.54 Å². The van der Waals surface area contributed by atoms with Crippen molar-refractivity contribution in [1.82, 2.24) is 9.88 Å². The van der Waals surface area contributed by atoms with Crippen LogP contribution in [0, 0.1) is 6.92 Å². The Morgan fingerprint density at radius 1 is 1.07 bits per heavy atom. The van der Waals surface area contributed by atoms with Crippen LogP contribution in [0.3, 0.4) is 0 Å². The first-order valence-electron chi connectivity index (χ1n) is 8.99. The molecule has 2 aromatic heterocycles. The van der Waals surface area contributed by atoms with Crippen LogP contribution < -0.4 is 10.7 Å². The minimum absolute atomic E-state index is 0.0429. The van der Waals surface area contributed by atoms with Crippen LogP contribution in [-0.2, 0) is 6.54 Å². The summed E-state index contributed by atoms with van der Waals surface area (Å²) in [6, 6.07) is 18.6. The van der Waals surface area contributed by atoms with Crippen molar-refractivity contribution in [1.29, 1.82) is 0 Å². The zero-order valence-electron chi connectivity index (χ0n) is 15.1. The lowest BCUT2D eigenvalue weighted by molar-refractivity contribution is 0.0925. The lowest BCUT2D eigenvalue weighted by Crippen LogP contribution is -2.26. The van der Waals surface area contributed by atoms with E-state index in [-0.39, 0.29) is 17.1 Å². The second-order valence-electron chi connectivity index (χ2n) is 6.58. The second kappa shape index (κ2) is 7.11. The van der Waals surface area contributed by atoms with Gasteiger partial charge in [-0.3, -0.25) is 9.59 Å². The number of carbonyl (C=O) groups excluding carboxylic acids is 1. The summed E-state index contributed by atoms with van der Waals surface area (Å²) in [4.78, 5) is 24.4. The minimum Gasteiger partial charge on any atom is -0.451 e. The number of aromatic nitrogens is 1. The molecule has 0 spiro atoms. The van der Waals surface area contributed by atoms with E-state index >= 15 is 0 Å². The maximum absolute atomic E-state index is 12.3. The molecule has 5 heteroatoms. The number of hydrogen-bond donors (Lipinski definition) is 1. The molecule has 0 aliphatic carbocycles. The Balaban J connectivity index is 1.41. The third-order valence-electron chi connectivity index (χ3n) is 4.72. The SMILES string of the molecule is Cc1cc2ccccc2n1CCCNC(=O)c1cc(=O)c2ccccc2o1. The van der Waals surface area contributed by atoms with Gasteiger partial charge in [0.1, 0.15) is 5.58 Å². The number of hydrogen-bond acceptors (Lipinski definition) is 3. The number of nitrogens with one attached hydrogen (secondary N) is 1. The van der Waals surface area contributed by atoms with Gasteiger partial charge in [0.15, 0.2) is 11.2 Å². The molecule has 1 amide bonds. The molecule has 0 bridgehead atoms. The molecule has 0 aliphatic rings. The van der Waals surface area contributed by atoms with Crippen LogP contribution in [0.2, 0.25) is 0 Å². The molecule has 0 radical (unpaired) electrons. The Hall–Kier alpha value is -3.34. The first kappa shape index (κ1) is 17.1. The van der Waals surface area contributed by atoms with E-state index in [4.69, 9.17) is 4.42 Å². The molecule has 0 aliphatic heterocycles. The van der Waals surface area contributed by atoms with E-state index < -0.39 is 0 Å². The van der Waals surface area contributed by atoms with Crippen molar-refractivity contribution >= 4 is 27.8 Å². The first-order chi connectivity index (χ1) is 13.1. The Labute approximate surface area is 156 Å². The van der Waals surface area contributed by atoms with Crippen molar-refractivity contribution in [3.05, 3.63) is 82.3 Å². The number of aryl methyl sites for hydroxylation is 2. The van der Waals surface area contributed by atoms with Gasteiger partial charge < -0.3 is 14.3 Å². The molecule has 0 fully saturated rings. The molecule has 2 aromatic carbocycles. The standard InChI is InChI=1S/C22H20N2O3/c1-15-13-16-7-2-4-9-18(16)24(15)12-6-11-23-22(26)21-14-19(25)17-8-3-5-10-20(17)27-21/h2-5,7-10,13-14H,6,11-12H2,1H3,(H,23,26). The predicted octanol–water partition coefficient (Wildman–Crippen LogP) is 3.88. The van der Waals surface area contributed by atoms with Crippen LogP contribution in [0.5, 0.6) is 0 Å². The molecular formula is C22H20N2O3. The van der Waals surface area contributed by atoms with E-state index in [0.29, 0.717) is 17.5 Å². The van der Waals surface area contributed by atoms with Gasteiger partial charge in [-0.05, 0) is 43.0 Å². The Kier molecular flexibility index (Phi) is 4.50. The Morgan fingerprint density at radius 3 is 2.74 bits per heavy atom.